The van der Waals surface area contributed by atoms with Crippen molar-refractivity contribution in [3.8, 4) is 0 Å². The van der Waals surface area contributed by atoms with Crippen LogP contribution >= 0.6 is 12.4 Å². The molecule has 2 aliphatic rings. The van der Waals surface area contributed by atoms with Gasteiger partial charge >= 0.3 is 5.97 Å². The summed E-state index contributed by atoms with van der Waals surface area (Å²) in [4.78, 5) is 24.7. The second-order valence-electron chi connectivity index (χ2n) is 9.29. The number of hydrogen-bond donors (Lipinski definition) is 1. The van der Waals surface area contributed by atoms with Gasteiger partial charge in [-0.15, -0.1) is 12.4 Å². The fraction of sp³-hybridized carbons (Fsp3) is 0.464. The van der Waals surface area contributed by atoms with E-state index in [1.165, 1.54) is 36.8 Å². The number of esters is 1. The van der Waals surface area contributed by atoms with E-state index in [1.54, 1.807) is 0 Å². The Kier molecular flexibility index (Phi) is 10.2. The molecule has 1 heterocycles. The van der Waals surface area contributed by atoms with E-state index in [0.717, 1.165) is 43.6 Å². The van der Waals surface area contributed by atoms with Crippen molar-refractivity contribution in [2.24, 2.45) is 11.0 Å². The highest BCUT2D eigenvalue weighted by atomic mass is 35.5. The number of anilines is 1. The summed E-state index contributed by atoms with van der Waals surface area (Å²) in [7, 11) is 0. The van der Waals surface area contributed by atoms with Gasteiger partial charge in [-0.1, -0.05) is 31.0 Å². The average molecular weight is 498 g/mol. The number of nitrogens with zero attached hydrogens (tertiary/aromatic N) is 2. The van der Waals surface area contributed by atoms with Gasteiger partial charge in [0.2, 0.25) is 0 Å². The predicted octanol–water partition coefficient (Wildman–Crippen LogP) is 5.63. The first kappa shape index (κ1) is 26.7. The summed E-state index contributed by atoms with van der Waals surface area (Å²) in [6.45, 7) is 4.29. The molecule has 1 aliphatic heterocycles. The van der Waals surface area contributed by atoms with Gasteiger partial charge < -0.3 is 10.1 Å². The second-order valence-corrected chi connectivity index (χ2v) is 9.29. The van der Waals surface area contributed by atoms with E-state index in [0.29, 0.717) is 24.5 Å². The highest BCUT2D eigenvalue weighted by Crippen LogP contribution is 2.30. The number of halogens is 1. The van der Waals surface area contributed by atoms with Gasteiger partial charge in [0.1, 0.15) is 0 Å². The van der Waals surface area contributed by atoms with E-state index in [9.17, 15) is 9.59 Å². The maximum absolute atomic E-state index is 12.8. The molecule has 7 heteroatoms. The second kappa shape index (κ2) is 13.3. The molecule has 188 valence electrons. The molecule has 35 heavy (non-hydrogen) atoms. The Bertz CT molecular complexity index is 1010. The molecule has 1 atom stereocenters. The van der Waals surface area contributed by atoms with Gasteiger partial charge in [0.15, 0.2) is 0 Å². The lowest BCUT2D eigenvalue weighted by molar-refractivity contribution is -0.144. The van der Waals surface area contributed by atoms with E-state index in [-0.39, 0.29) is 24.3 Å². The van der Waals surface area contributed by atoms with Crippen LogP contribution in [0.4, 0.5) is 5.69 Å². The van der Waals surface area contributed by atoms with E-state index >= 15 is 0 Å². The molecule has 0 bridgehead atoms. The van der Waals surface area contributed by atoms with Crippen molar-refractivity contribution >= 4 is 36.2 Å². The number of benzene rings is 2. The number of ether oxygens (including phenoxy) is 1. The number of carbonyl (C=O) groups excluding carboxylic acids is 2. The monoisotopic (exact) mass is 497 g/mol. The van der Waals surface area contributed by atoms with Gasteiger partial charge in [-0.05, 0) is 85.9 Å². The predicted molar refractivity (Wildman–Crippen MR) is 142 cm³/mol. The molecule has 6 nitrogen and oxygen atoms in total. The Morgan fingerprint density at radius 2 is 1.80 bits per heavy atom. The number of amides is 1. The van der Waals surface area contributed by atoms with Crippen LogP contribution in [-0.4, -0.2) is 42.8 Å². The van der Waals surface area contributed by atoms with E-state index in [2.05, 4.69) is 21.5 Å². The summed E-state index contributed by atoms with van der Waals surface area (Å²) >= 11 is 0. The third-order valence-corrected chi connectivity index (χ3v) is 6.68. The summed E-state index contributed by atoms with van der Waals surface area (Å²) in [6, 6.07) is 13.7. The Labute approximate surface area is 214 Å². The van der Waals surface area contributed by atoms with Gasteiger partial charge in [-0.2, -0.15) is 5.10 Å². The zero-order valence-corrected chi connectivity index (χ0v) is 21.3. The zero-order valence-electron chi connectivity index (χ0n) is 20.5. The van der Waals surface area contributed by atoms with Crippen molar-refractivity contribution in [1.29, 1.82) is 0 Å². The first-order chi connectivity index (χ1) is 16.6. The van der Waals surface area contributed by atoms with Gasteiger partial charge in [0.05, 0.1) is 12.8 Å². The molecule has 0 saturated carbocycles. The van der Waals surface area contributed by atoms with Crippen LogP contribution in [0.3, 0.4) is 0 Å². The maximum Gasteiger partial charge on any atom is 0.306 e. The quantitative estimate of drug-likeness (QED) is 0.397. The normalized spacial score (nSPS) is 17.7. The first-order valence-corrected chi connectivity index (χ1v) is 12.6. The summed E-state index contributed by atoms with van der Waals surface area (Å²) in [5.74, 6) is 0.0381. The minimum Gasteiger partial charge on any atom is -0.466 e. The van der Waals surface area contributed by atoms with Crippen molar-refractivity contribution < 1.29 is 14.3 Å². The Morgan fingerprint density at radius 3 is 2.51 bits per heavy atom. The van der Waals surface area contributed by atoms with E-state index in [4.69, 9.17) is 4.74 Å². The van der Waals surface area contributed by atoms with Crippen LogP contribution in [0.1, 0.15) is 72.5 Å². The summed E-state index contributed by atoms with van der Waals surface area (Å²) in [6.07, 6.45) is 10.1. The molecule has 1 N–H and O–H groups in total. The van der Waals surface area contributed by atoms with Crippen LogP contribution in [0.5, 0.6) is 0 Å². The van der Waals surface area contributed by atoms with Gasteiger partial charge in [0, 0.05) is 30.8 Å². The van der Waals surface area contributed by atoms with E-state index < -0.39 is 0 Å². The first-order valence-electron chi connectivity index (χ1n) is 12.6. The minimum atomic E-state index is -0.130. The summed E-state index contributed by atoms with van der Waals surface area (Å²) in [5, 5.41) is 9.77. The van der Waals surface area contributed by atoms with Crippen LogP contribution in [0, 0.1) is 5.92 Å². The average Bonchev–Trinajstić information content (AvgIpc) is 3.12. The molecule has 2 aromatic rings. The molecule has 2 aromatic carbocycles. The minimum absolute atomic E-state index is 0. The number of hydrogen-bond acceptors (Lipinski definition) is 5. The molecule has 0 radical (unpaired) electrons. The third-order valence-electron chi connectivity index (χ3n) is 6.68. The fourth-order valence-electron chi connectivity index (χ4n) is 4.78. The largest absolute Gasteiger partial charge is 0.466 e. The highest BCUT2D eigenvalue weighted by Gasteiger charge is 2.22. The fourth-order valence-corrected chi connectivity index (χ4v) is 4.78. The molecule has 0 aromatic heterocycles. The lowest BCUT2D eigenvalue weighted by Gasteiger charge is -2.24. The van der Waals surface area contributed by atoms with Crippen molar-refractivity contribution in [2.45, 2.75) is 58.3 Å². The standard InChI is InChI=1S/C28H35N3O3.ClH/c1-2-34-27(32)18-22-9-10-23-13-14-26(19-25(23)17-22)30-28(33)24-11-7-21(8-12-24)20-29-31-15-5-3-4-6-16-31;/h7-8,11-14,19-20,22H,2-6,9-10,15-18H2,1H3,(H,30,33);1H. The molecule has 0 spiro atoms. The van der Waals surface area contributed by atoms with Crippen LogP contribution < -0.4 is 5.32 Å². The number of aryl methyl sites for hydroxylation is 1. The summed E-state index contributed by atoms with van der Waals surface area (Å²) < 4.78 is 5.11. The van der Waals surface area contributed by atoms with Gasteiger partial charge in [-0.3, -0.25) is 14.6 Å². The summed E-state index contributed by atoms with van der Waals surface area (Å²) in [5.41, 5.74) is 4.89. The SMILES string of the molecule is CCOC(=O)CC1CCc2ccc(NC(=O)c3ccc(C=NN4CCCCCC4)cc3)cc2C1.Cl. The van der Waals surface area contributed by atoms with Crippen molar-refractivity contribution in [3.63, 3.8) is 0 Å². The van der Waals surface area contributed by atoms with Crippen molar-refractivity contribution in [3.05, 3.63) is 64.7 Å². The van der Waals surface area contributed by atoms with E-state index in [1.807, 2.05) is 49.5 Å². The molecule has 1 unspecified atom stereocenters. The third kappa shape index (κ3) is 7.82. The van der Waals surface area contributed by atoms with Gasteiger partial charge in [0.25, 0.3) is 5.91 Å². The highest BCUT2D eigenvalue weighted by molar-refractivity contribution is 6.04. The molecule has 1 fully saturated rings. The van der Waals surface area contributed by atoms with Crippen LogP contribution in [0.15, 0.2) is 47.6 Å². The Hall–Kier alpha value is -2.86. The number of fused-ring (bicyclic) bond motifs is 1. The number of rotatable bonds is 7. The topological polar surface area (TPSA) is 71.0 Å². The lowest BCUT2D eigenvalue weighted by atomic mass is 9.82. The molecule has 4 rings (SSSR count). The van der Waals surface area contributed by atoms with Crippen molar-refractivity contribution in [1.82, 2.24) is 5.01 Å². The Morgan fingerprint density at radius 1 is 1.06 bits per heavy atom. The molecular weight excluding hydrogens is 462 g/mol. The number of carbonyl (C=O) groups is 2. The molecular formula is C28H36ClN3O3. The molecule has 1 saturated heterocycles. The number of nitrogens with one attached hydrogen (secondary N) is 1. The number of hydrazone groups is 1. The Balaban J connectivity index is 0.00000342. The lowest BCUT2D eigenvalue weighted by Crippen LogP contribution is -2.19. The zero-order chi connectivity index (χ0) is 23.8. The van der Waals surface area contributed by atoms with Crippen LogP contribution in [-0.2, 0) is 22.4 Å². The smallest absolute Gasteiger partial charge is 0.306 e. The molecule has 1 aliphatic carbocycles. The van der Waals surface area contributed by atoms with Gasteiger partial charge in [-0.25, -0.2) is 0 Å². The maximum atomic E-state index is 12.8. The van der Waals surface area contributed by atoms with Crippen molar-refractivity contribution in [2.75, 3.05) is 25.0 Å². The molecule has 1 amide bonds. The van der Waals surface area contributed by atoms with Crippen LogP contribution in [0.2, 0.25) is 0 Å². The van der Waals surface area contributed by atoms with Crippen LogP contribution in [0.25, 0.3) is 0 Å².